The van der Waals surface area contributed by atoms with Crippen LogP contribution in [0.3, 0.4) is 0 Å². The quantitative estimate of drug-likeness (QED) is 0.785. The Bertz CT molecular complexity index is 579. The van der Waals surface area contributed by atoms with Gasteiger partial charge >= 0.3 is 0 Å². The Hall–Kier alpha value is -1.50. The van der Waals surface area contributed by atoms with Gasteiger partial charge in [-0.1, -0.05) is 50.5 Å². The molecule has 100 valence electrons. The molecule has 0 spiro atoms. The molecule has 1 nitrogen and oxygen atoms in total. The fourth-order valence-corrected chi connectivity index (χ4v) is 3.64. The predicted octanol–water partition coefficient (Wildman–Crippen LogP) is 5.16. The Morgan fingerprint density at radius 1 is 0.947 bits per heavy atom. The molecule has 1 heteroatoms. The first kappa shape index (κ1) is 12.5. The van der Waals surface area contributed by atoms with E-state index in [1.807, 2.05) is 12.1 Å². The Labute approximate surface area is 115 Å². The molecule has 1 N–H and O–H groups in total. The van der Waals surface area contributed by atoms with E-state index in [0.717, 1.165) is 5.39 Å². The summed E-state index contributed by atoms with van der Waals surface area (Å²) in [6.45, 7) is 2.33. The summed E-state index contributed by atoms with van der Waals surface area (Å²) in [7, 11) is 0. The molecule has 0 aliphatic heterocycles. The van der Waals surface area contributed by atoms with E-state index in [4.69, 9.17) is 0 Å². The van der Waals surface area contributed by atoms with Gasteiger partial charge in [-0.25, -0.2) is 0 Å². The van der Waals surface area contributed by atoms with Crippen LogP contribution in [0.1, 0.15) is 51.0 Å². The molecule has 0 unspecified atom stereocenters. The topological polar surface area (TPSA) is 20.2 Å². The average molecular weight is 254 g/mol. The van der Waals surface area contributed by atoms with Gasteiger partial charge in [-0.3, -0.25) is 0 Å². The molecule has 19 heavy (non-hydrogen) atoms. The zero-order chi connectivity index (χ0) is 13.3. The summed E-state index contributed by atoms with van der Waals surface area (Å²) in [4.78, 5) is 0. The van der Waals surface area contributed by atoms with Crippen LogP contribution in [0.15, 0.2) is 36.4 Å². The van der Waals surface area contributed by atoms with Crippen molar-refractivity contribution in [3.63, 3.8) is 0 Å². The average Bonchev–Trinajstić information content (AvgIpc) is 2.47. The van der Waals surface area contributed by atoms with Crippen molar-refractivity contribution in [2.24, 2.45) is 0 Å². The number of fused-ring (bicyclic) bond motifs is 1. The smallest absolute Gasteiger partial charge is 0.116 e. The number of rotatable bonds is 2. The summed E-state index contributed by atoms with van der Waals surface area (Å²) >= 11 is 0. The van der Waals surface area contributed by atoms with Crippen LogP contribution in [0.25, 0.3) is 10.8 Å². The second-order valence-electron chi connectivity index (χ2n) is 5.94. The van der Waals surface area contributed by atoms with Gasteiger partial charge < -0.3 is 5.11 Å². The van der Waals surface area contributed by atoms with Crippen LogP contribution < -0.4 is 0 Å². The normalized spacial score (nSPS) is 18.6. The Morgan fingerprint density at radius 3 is 2.37 bits per heavy atom. The van der Waals surface area contributed by atoms with Crippen LogP contribution in [0.2, 0.25) is 0 Å². The molecule has 0 aromatic heterocycles. The minimum atomic E-state index is 0.350. The first-order valence-corrected chi connectivity index (χ1v) is 7.47. The Morgan fingerprint density at radius 2 is 1.63 bits per heavy atom. The van der Waals surface area contributed by atoms with Gasteiger partial charge in [0.25, 0.3) is 0 Å². The highest BCUT2D eigenvalue weighted by Gasteiger charge is 2.31. The summed E-state index contributed by atoms with van der Waals surface area (Å²) in [6, 6.07) is 12.4. The third-order valence-electron chi connectivity index (χ3n) is 4.92. The first-order valence-electron chi connectivity index (χ1n) is 7.47. The van der Waals surface area contributed by atoms with Crippen LogP contribution in [-0.4, -0.2) is 5.11 Å². The molecule has 0 radical (unpaired) electrons. The van der Waals surface area contributed by atoms with Gasteiger partial charge in [0, 0.05) is 0 Å². The van der Waals surface area contributed by atoms with Crippen molar-refractivity contribution in [3.8, 4) is 5.75 Å². The van der Waals surface area contributed by atoms with Crippen molar-refractivity contribution >= 4 is 10.8 Å². The number of phenols is 1. The molecule has 0 amide bonds. The largest absolute Gasteiger partial charge is 0.508 e. The number of hydrogen-bond acceptors (Lipinski definition) is 1. The third-order valence-corrected chi connectivity index (χ3v) is 4.92. The predicted molar refractivity (Wildman–Crippen MR) is 80.7 cm³/mol. The van der Waals surface area contributed by atoms with Gasteiger partial charge in [-0.2, -0.15) is 0 Å². The molecule has 2 aromatic carbocycles. The lowest BCUT2D eigenvalue weighted by atomic mass is 9.67. The van der Waals surface area contributed by atoms with Crippen molar-refractivity contribution < 1.29 is 5.11 Å². The van der Waals surface area contributed by atoms with Gasteiger partial charge in [0.15, 0.2) is 0 Å². The number of benzene rings is 2. The summed E-state index contributed by atoms with van der Waals surface area (Å²) in [5, 5.41) is 11.9. The van der Waals surface area contributed by atoms with E-state index < -0.39 is 0 Å². The minimum Gasteiger partial charge on any atom is -0.508 e. The summed E-state index contributed by atoms with van der Waals surface area (Å²) in [5.74, 6) is 0.350. The second-order valence-corrected chi connectivity index (χ2v) is 5.94. The monoisotopic (exact) mass is 254 g/mol. The molecule has 1 saturated carbocycles. The molecule has 1 aliphatic rings. The van der Waals surface area contributed by atoms with E-state index in [-0.39, 0.29) is 0 Å². The zero-order valence-electron chi connectivity index (χ0n) is 11.7. The molecule has 0 saturated heterocycles. The summed E-state index contributed by atoms with van der Waals surface area (Å²) < 4.78 is 0. The highest BCUT2D eigenvalue weighted by Crippen LogP contribution is 2.42. The number of hydrogen-bond donors (Lipinski definition) is 1. The van der Waals surface area contributed by atoms with Gasteiger partial charge in [0.1, 0.15) is 5.75 Å². The van der Waals surface area contributed by atoms with Crippen LogP contribution >= 0.6 is 0 Å². The first-order chi connectivity index (χ1) is 9.23. The van der Waals surface area contributed by atoms with Crippen LogP contribution in [0, 0.1) is 0 Å². The maximum atomic E-state index is 9.55. The zero-order valence-corrected chi connectivity index (χ0v) is 11.7. The van der Waals surface area contributed by atoms with E-state index in [1.54, 1.807) is 6.07 Å². The van der Waals surface area contributed by atoms with E-state index in [1.165, 1.54) is 49.5 Å². The minimum absolute atomic E-state index is 0.350. The number of phenolic OH excluding ortho intramolecular Hbond substituents is 1. The lowest BCUT2D eigenvalue weighted by Gasteiger charge is -2.37. The van der Waals surface area contributed by atoms with Crippen molar-refractivity contribution in [1.29, 1.82) is 0 Å². The SMILES string of the molecule is CCC1(c2ccc3cc(O)ccc3c2)CCCCC1. The Balaban J connectivity index is 2.06. The second kappa shape index (κ2) is 4.88. The van der Waals surface area contributed by atoms with E-state index in [2.05, 4.69) is 25.1 Å². The molecule has 1 aliphatic carbocycles. The fourth-order valence-electron chi connectivity index (χ4n) is 3.64. The van der Waals surface area contributed by atoms with Gasteiger partial charge in [-0.15, -0.1) is 0 Å². The molecule has 3 rings (SSSR count). The standard InChI is InChI=1S/C18H22O/c1-2-18(10-4-3-5-11-18)16-8-6-15-13-17(19)9-7-14(15)12-16/h6-9,12-13,19H,2-5,10-11H2,1H3. The third kappa shape index (κ3) is 2.22. The molecule has 2 aromatic rings. The van der Waals surface area contributed by atoms with Crippen molar-refractivity contribution in [2.45, 2.75) is 50.9 Å². The van der Waals surface area contributed by atoms with Crippen molar-refractivity contribution in [1.82, 2.24) is 0 Å². The van der Waals surface area contributed by atoms with E-state index in [0.29, 0.717) is 11.2 Å². The maximum Gasteiger partial charge on any atom is 0.116 e. The van der Waals surface area contributed by atoms with E-state index >= 15 is 0 Å². The molecular formula is C18H22O. The highest BCUT2D eigenvalue weighted by molar-refractivity contribution is 5.84. The van der Waals surface area contributed by atoms with Crippen LogP contribution in [-0.2, 0) is 5.41 Å². The Kier molecular flexibility index (Phi) is 3.22. The highest BCUT2D eigenvalue weighted by atomic mass is 16.3. The maximum absolute atomic E-state index is 9.55. The summed E-state index contributed by atoms with van der Waals surface area (Å²) in [6.07, 6.45) is 8.00. The molecule has 0 atom stereocenters. The molecule has 1 fully saturated rings. The summed E-state index contributed by atoms with van der Waals surface area (Å²) in [5.41, 5.74) is 1.89. The number of aromatic hydroxyl groups is 1. The van der Waals surface area contributed by atoms with Gasteiger partial charge in [0.05, 0.1) is 0 Å². The van der Waals surface area contributed by atoms with Crippen molar-refractivity contribution in [3.05, 3.63) is 42.0 Å². The molecular weight excluding hydrogens is 232 g/mol. The lowest BCUT2D eigenvalue weighted by Crippen LogP contribution is -2.28. The molecule has 0 heterocycles. The van der Waals surface area contributed by atoms with Crippen LogP contribution in [0.4, 0.5) is 0 Å². The van der Waals surface area contributed by atoms with E-state index in [9.17, 15) is 5.11 Å². The van der Waals surface area contributed by atoms with Crippen LogP contribution in [0.5, 0.6) is 5.75 Å². The molecule has 0 bridgehead atoms. The fraction of sp³-hybridized carbons (Fsp3) is 0.444. The van der Waals surface area contributed by atoms with Gasteiger partial charge in [-0.05, 0) is 53.1 Å². The van der Waals surface area contributed by atoms with Gasteiger partial charge in [0.2, 0.25) is 0 Å². The van der Waals surface area contributed by atoms with Crippen molar-refractivity contribution in [2.75, 3.05) is 0 Å². The lowest BCUT2D eigenvalue weighted by molar-refractivity contribution is 0.283.